The van der Waals surface area contributed by atoms with Crippen molar-refractivity contribution in [3.05, 3.63) is 40.6 Å². The van der Waals surface area contributed by atoms with E-state index in [2.05, 4.69) is 32.7 Å². The number of halogens is 4. The lowest BCUT2D eigenvalue weighted by Gasteiger charge is -2.33. The summed E-state index contributed by atoms with van der Waals surface area (Å²) in [6, 6.07) is 2.88. The van der Waals surface area contributed by atoms with Gasteiger partial charge >= 0.3 is 0 Å². The zero-order valence-corrected chi connectivity index (χ0v) is 14.0. The van der Waals surface area contributed by atoms with E-state index in [0.29, 0.717) is 5.56 Å². The van der Waals surface area contributed by atoms with Crippen molar-refractivity contribution >= 4 is 40.7 Å². The molecule has 0 radical (unpaired) electrons. The van der Waals surface area contributed by atoms with E-state index in [-0.39, 0.29) is 41.1 Å². The lowest BCUT2D eigenvalue weighted by Crippen LogP contribution is -2.44. The van der Waals surface area contributed by atoms with E-state index in [4.69, 9.17) is 0 Å². The molecule has 1 aromatic rings. The summed E-state index contributed by atoms with van der Waals surface area (Å²) in [4.78, 5) is 2.21. The number of nitrogens with zero attached hydrogens (tertiary/aromatic N) is 1. The fourth-order valence-electron chi connectivity index (χ4n) is 2.23. The van der Waals surface area contributed by atoms with Crippen LogP contribution in [0.15, 0.2) is 29.3 Å². The summed E-state index contributed by atoms with van der Waals surface area (Å²) in [5, 5.41) is 13.3. The van der Waals surface area contributed by atoms with E-state index in [9.17, 15) is 9.50 Å². The Balaban J connectivity index is 0.00000180. The van der Waals surface area contributed by atoms with Crippen LogP contribution in [0.4, 0.5) is 4.39 Å². The fourth-order valence-corrected chi connectivity index (χ4v) is 2.59. The van der Waals surface area contributed by atoms with Gasteiger partial charge in [0.2, 0.25) is 0 Å². The minimum Gasteiger partial charge on any atom is -0.506 e. The molecule has 7 heteroatoms. The van der Waals surface area contributed by atoms with Gasteiger partial charge in [-0.25, -0.2) is 4.39 Å². The highest BCUT2D eigenvalue weighted by Gasteiger charge is 2.23. The highest BCUT2D eigenvalue weighted by molar-refractivity contribution is 9.10. The van der Waals surface area contributed by atoms with Crippen LogP contribution >= 0.6 is 40.7 Å². The van der Waals surface area contributed by atoms with Crippen molar-refractivity contribution in [3.63, 3.8) is 0 Å². The third-order valence-electron chi connectivity index (χ3n) is 3.19. The van der Waals surface area contributed by atoms with E-state index in [1.165, 1.54) is 6.07 Å². The Kier molecular flexibility index (Phi) is 8.70. The molecule has 1 aromatic carbocycles. The molecule has 1 aliphatic rings. The normalized spacial score (nSPS) is 16.7. The van der Waals surface area contributed by atoms with Crippen molar-refractivity contribution in [1.29, 1.82) is 0 Å². The van der Waals surface area contributed by atoms with Crippen LogP contribution < -0.4 is 5.32 Å². The maximum absolute atomic E-state index is 13.3. The number of benzene rings is 1. The Morgan fingerprint density at radius 1 is 1.35 bits per heavy atom. The number of phenols is 1. The molecule has 2 rings (SSSR count). The molecular formula is C13H18BrCl2FN2O. The summed E-state index contributed by atoms with van der Waals surface area (Å²) in [6.07, 6.45) is 1.78. The summed E-state index contributed by atoms with van der Waals surface area (Å²) in [5.74, 6) is -0.502. The molecule has 0 bridgehead atoms. The summed E-state index contributed by atoms with van der Waals surface area (Å²) in [7, 11) is 0. The number of nitrogens with one attached hydrogen (secondary N) is 1. The maximum atomic E-state index is 13.3. The Morgan fingerprint density at radius 3 is 2.50 bits per heavy atom. The largest absolute Gasteiger partial charge is 0.506 e. The molecule has 20 heavy (non-hydrogen) atoms. The average Bonchev–Trinajstić information content (AvgIpc) is 2.41. The molecule has 1 aliphatic heterocycles. The minimum atomic E-state index is -0.459. The van der Waals surface area contributed by atoms with Gasteiger partial charge in [-0.15, -0.1) is 31.4 Å². The highest BCUT2D eigenvalue weighted by Crippen LogP contribution is 2.36. The van der Waals surface area contributed by atoms with Gasteiger partial charge in [-0.2, -0.15) is 0 Å². The zero-order valence-electron chi connectivity index (χ0n) is 10.8. The molecule has 1 fully saturated rings. The second-order valence-electron chi connectivity index (χ2n) is 4.27. The minimum absolute atomic E-state index is 0. The number of phenolic OH excluding ortho intramolecular Hbond substituents is 1. The van der Waals surface area contributed by atoms with Crippen LogP contribution in [0.5, 0.6) is 5.75 Å². The number of hydrogen-bond donors (Lipinski definition) is 2. The predicted octanol–water partition coefficient (Wildman–Crippen LogP) is 3.27. The Morgan fingerprint density at radius 2 is 1.95 bits per heavy atom. The van der Waals surface area contributed by atoms with Gasteiger partial charge in [-0.1, -0.05) is 12.1 Å². The first-order valence-electron chi connectivity index (χ1n) is 5.89. The maximum Gasteiger partial charge on any atom is 0.141 e. The van der Waals surface area contributed by atoms with Crippen molar-refractivity contribution < 1.29 is 9.50 Å². The van der Waals surface area contributed by atoms with Gasteiger partial charge in [0.05, 0.1) is 10.5 Å². The molecule has 1 saturated heterocycles. The molecule has 3 nitrogen and oxygen atoms in total. The third-order valence-corrected chi connectivity index (χ3v) is 3.94. The van der Waals surface area contributed by atoms with Gasteiger partial charge in [0.15, 0.2) is 0 Å². The van der Waals surface area contributed by atoms with Gasteiger partial charge in [0, 0.05) is 31.7 Å². The first kappa shape index (κ1) is 19.7. The zero-order chi connectivity index (χ0) is 13.1. The van der Waals surface area contributed by atoms with Crippen LogP contribution in [0.2, 0.25) is 0 Å². The molecular weight excluding hydrogens is 370 g/mol. The van der Waals surface area contributed by atoms with Crippen molar-refractivity contribution in [2.75, 3.05) is 26.2 Å². The van der Waals surface area contributed by atoms with Crippen molar-refractivity contribution in [1.82, 2.24) is 10.2 Å². The van der Waals surface area contributed by atoms with E-state index < -0.39 is 5.82 Å². The smallest absolute Gasteiger partial charge is 0.141 e. The van der Waals surface area contributed by atoms with Gasteiger partial charge in [-0.05, 0) is 22.0 Å². The first-order valence-corrected chi connectivity index (χ1v) is 6.68. The summed E-state index contributed by atoms with van der Waals surface area (Å²) in [6.45, 7) is 7.40. The van der Waals surface area contributed by atoms with Gasteiger partial charge in [0.25, 0.3) is 0 Å². The van der Waals surface area contributed by atoms with Crippen LogP contribution in [0.1, 0.15) is 11.6 Å². The van der Waals surface area contributed by atoms with Crippen LogP contribution in [0.3, 0.4) is 0 Å². The summed E-state index contributed by atoms with van der Waals surface area (Å²) < 4.78 is 13.4. The molecule has 0 saturated carbocycles. The van der Waals surface area contributed by atoms with Crippen molar-refractivity contribution in [3.8, 4) is 5.75 Å². The van der Waals surface area contributed by atoms with Gasteiger partial charge < -0.3 is 10.4 Å². The van der Waals surface area contributed by atoms with E-state index in [0.717, 1.165) is 26.2 Å². The average molecular weight is 388 g/mol. The molecule has 0 aromatic heterocycles. The number of aromatic hydroxyl groups is 1. The van der Waals surface area contributed by atoms with Gasteiger partial charge in [0.1, 0.15) is 11.6 Å². The topological polar surface area (TPSA) is 35.5 Å². The van der Waals surface area contributed by atoms with E-state index >= 15 is 0 Å². The summed E-state index contributed by atoms with van der Waals surface area (Å²) in [5.41, 5.74) is 0.681. The standard InChI is InChI=1S/C13H16BrFN2O.2ClH/c1-2-11(17-7-5-16-6-8-17)9-3-4-10(15)12(14)13(9)18;;/h2-4,11,16,18H,1,5-8H2;2*1H/t11-;;/m1../s1. The lowest BCUT2D eigenvalue weighted by molar-refractivity contribution is 0.200. The Hall–Kier alpha value is -0.330. The van der Waals surface area contributed by atoms with Crippen molar-refractivity contribution in [2.45, 2.75) is 6.04 Å². The Labute approximate surface area is 139 Å². The number of rotatable bonds is 3. The van der Waals surface area contributed by atoms with Gasteiger partial charge in [-0.3, -0.25) is 4.90 Å². The molecule has 0 aliphatic carbocycles. The fraction of sp³-hybridized carbons (Fsp3) is 0.385. The van der Waals surface area contributed by atoms with Crippen LogP contribution in [-0.4, -0.2) is 36.2 Å². The highest BCUT2D eigenvalue weighted by atomic mass is 79.9. The quantitative estimate of drug-likeness (QED) is 0.781. The lowest BCUT2D eigenvalue weighted by atomic mass is 10.0. The second-order valence-corrected chi connectivity index (χ2v) is 5.06. The molecule has 0 spiro atoms. The van der Waals surface area contributed by atoms with E-state index in [1.54, 1.807) is 12.1 Å². The van der Waals surface area contributed by atoms with E-state index in [1.807, 2.05) is 0 Å². The number of hydrogen-bond acceptors (Lipinski definition) is 3. The molecule has 0 amide bonds. The monoisotopic (exact) mass is 386 g/mol. The van der Waals surface area contributed by atoms with Crippen LogP contribution in [0, 0.1) is 5.82 Å². The van der Waals surface area contributed by atoms with Crippen molar-refractivity contribution in [2.24, 2.45) is 0 Å². The SMILES string of the molecule is C=C[C@H](c1ccc(F)c(Br)c1O)N1CCNCC1.Cl.Cl. The third kappa shape index (κ3) is 4.09. The molecule has 1 heterocycles. The summed E-state index contributed by atoms with van der Waals surface area (Å²) >= 11 is 3.06. The van der Waals surface area contributed by atoms with Crippen LogP contribution in [0.25, 0.3) is 0 Å². The molecule has 114 valence electrons. The molecule has 2 N–H and O–H groups in total. The Bertz CT molecular complexity index is 456. The molecule has 0 unspecified atom stereocenters. The number of piperazine rings is 1. The second kappa shape index (κ2) is 8.85. The molecule has 1 atom stereocenters. The predicted molar refractivity (Wildman–Crippen MR) is 87.6 cm³/mol. The van der Waals surface area contributed by atoms with Crippen LogP contribution in [-0.2, 0) is 0 Å². The first-order chi connectivity index (χ1) is 8.65.